The summed E-state index contributed by atoms with van der Waals surface area (Å²) >= 11 is 0. The van der Waals surface area contributed by atoms with E-state index in [1.54, 1.807) is 26.0 Å². The molecule has 3 N–H and O–H groups in total. The number of nitrogens with zero attached hydrogens (tertiary/aromatic N) is 2. The molecule has 0 unspecified atom stereocenters. The highest BCUT2D eigenvalue weighted by Crippen LogP contribution is 2.27. The number of carbonyl (C=O) groups excluding carboxylic acids is 2. The molecule has 0 bridgehead atoms. The minimum absolute atomic E-state index is 0.00848. The lowest BCUT2D eigenvalue weighted by Crippen LogP contribution is -2.43. The van der Waals surface area contributed by atoms with E-state index < -0.39 is 21.8 Å². The molecule has 2 aromatic rings. The summed E-state index contributed by atoms with van der Waals surface area (Å²) in [6.45, 7) is 5.34. The van der Waals surface area contributed by atoms with Crippen molar-refractivity contribution in [1.82, 2.24) is 19.8 Å². The highest BCUT2D eigenvalue weighted by atomic mass is 32.2. The van der Waals surface area contributed by atoms with Crippen molar-refractivity contribution in [3.05, 3.63) is 53.1 Å². The minimum atomic E-state index is -3.79. The topological polar surface area (TPSA) is 120 Å². The Morgan fingerprint density at radius 2 is 1.47 bits per heavy atom. The van der Waals surface area contributed by atoms with E-state index in [4.69, 9.17) is 4.74 Å². The number of sulfonamides is 1. The van der Waals surface area contributed by atoms with Gasteiger partial charge in [0.15, 0.2) is 0 Å². The van der Waals surface area contributed by atoms with Crippen molar-refractivity contribution in [3.63, 3.8) is 0 Å². The molecule has 0 saturated heterocycles. The van der Waals surface area contributed by atoms with Crippen molar-refractivity contribution in [1.29, 1.82) is 0 Å². The van der Waals surface area contributed by atoms with Gasteiger partial charge in [-0.15, -0.1) is 0 Å². The third kappa shape index (κ3) is 8.21. The van der Waals surface area contributed by atoms with E-state index in [2.05, 4.69) is 20.9 Å². The van der Waals surface area contributed by atoms with Crippen molar-refractivity contribution in [2.45, 2.75) is 25.3 Å². The van der Waals surface area contributed by atoms with Gasteiger partial charge in [-0.1, -0.05) is 12.1 Å². The molecule has 0 fully saturated rings. The monoisotopic (exact) mass is 519 g/mol. The summed E-state index contributed by atoms with van der Waals surface area (Å²) in [6, 6.07) is 10.9. The molecule has 2 amide bonds. The Hall–Kier alpha value is -3.15. The lowest BCUT2D eigenvalue weighted by Gasteiger charge is -2.20. The maximum Gasteiger partial charge on any atom is 0.309 e. The first-order valence-corrected chi connectivity index (χ1v) is 13.0. The van der Waals surface area contributed by atoms with Gasteiger partial charge in [0.1, 0.15) is 5.75 Å². The normalized spacial score (nSPS) is 11.4. The lowest BCUT2D eigenvalue weighted by atomic mass is 10.1. The van der Waals surface area contributed by atoms with Crippen molar-refractivity contribution in [3.8, 4) is 5.75 Å². The zero-order valence-corrected chi connectivity index (χ0v) is 22.7. The zero-order chi connectivity index (χ0) is 26.9. The van der Waals surface area contributed by atoms with Gasteiger partial charge in [-0.3, -0.25) is 9.59 Å². The van der Waals surface area contributed by atoms with Crippen LogP contribution in [-0.2, 0) is 26.2 Å². The average molecular weight is 520 g/mol. The summed E-state index contributed by atoms with van der Waals surface area (Å²) in [4.78, 5) is 26.6. The smallest absolute Gasteiger partial charge is 0.309 e. The molecule has 0 aromatic heterocycles. The first-order valence-electron chi connectivity index (χ1n) is 11.6. The van der Waals surface area contributed by atoms with Crippen LogP contribution in [0.25, 0.3) is 0 Å². The summed E-state index contributed by atoms with van der Waals surface area (Å²) < 4.78 is 32.4. The van der Waals surface area contributed by atoms with Crippen molar-refractivity contribution in [2.75, 3.05) is 59.7 Å². The number of anilines is 1. The second kappa shape index (κ2) is 13.2. The second-order valence-electron chi connectivity index (χ2n) is 8.78. The van der Waals surface area contributed by atoms with Crippen LogP contribution in [0.3, 0.4) is 0 Å². The number of carbonyl (C=O) groups is 2. The molecule has 0 aliphatic heterocycles. The molecule has 2 rings (SSSR count). The Morgan fingerprint density at radius 3 is 2.03 bits per heavy atom. The summed E-state index contributed by atoms with van der Waals surface area (Å²) in [7, 11) is 3.19. The van der Waals surface area contributed by atoms with Gasteiger partial charge in [-0.25, -0.2) is 8.42 Å². The molecule has 198 valence electrons. The van der Waals surface area contributed by atoms with Crippen LogP contribution in [0.4, 0.5) is 5.69 Å². The Bertz CT molecular complexity index is 1130. The highest BCUT2D eigenvalue weighted by molar-refractivity contribution is 7.89. The van der Waals surface area contributed by atoms with Crippen LogP contribution >= 0.6 is 0 Å². The number of hydrogen-bond donors (Lipinski definition) is 3. The van der Waals surface area contributed by atoms with Gasteiger partial charge in [-0.05, 0) is 68.9 Å². The summed E-state index contributed by atoms with van der Waals surface area (Å²) in [5.41, 5.74) is 2.97. The number of hydrogen-bond acceptors (Lipinski definition) is 7. The standard InChI is InChI=1S/C25H37N5O5S/c1-18-15-22(35-6)16-19(2)23(18)36(33,34)30(5)14-12-27-24(31)25(32)28-17-20-7-9-21(10-8-20)26-11-13-29(3)4/h7-10,15-16,26H,11-14,17H2,1-6H3,(H,27,31)(H,28,32). The molecule has 0 atom stereocenters. The van der Waals surface area contributed by atoms with Crippen molar-refractivity contribution in [2.24, 2.45) is 0 Å². The average Bonchev–Trinajstić information content (AvgIpc) is 2.82. The van der Waals surface area contributed by atoms with Crippen LogP contribution in [0.2, 0.25) is 0 Å². The van der Waals surface area contributed by atoms with Gasteiger partial charge in [-0.2, -0.15) is 4.31 Å². The highest BCUT2D eigenvalue weighted by Gasteiger charge is 2.25. The Labute approximate surface area is 214 Å². The van der Waals surface area contributed by atoms with Gasteiger partial charge in [0.25, 0.3) is 0 Å². The van der Waals surface area contributed by atoms with Crippen molar-refractivity contribution < 1.29 is 22.7 Å². The van der Waals surface area contributed by atoms with E-state index in [0.29, 0.717) is 16.9 Å². The molecule has 0 saturated carbocycles. The summed E-state index contributed by atoms with van der Waals surface area (Å²) in [6.07, 6.45) is 0. The summed E-state index contributed by atoms with van der Waals surface area (Å²) in [5, 5.41) is 8.35. The van der Waals surface area contributed by atoms with Gasteiger partial charge >= 0.3 is 11.8 Å². The van der Waals surface area contributed by atoms with Gasteiger partial charge in [0.05, 0.1) is 12.0 Å². The Balaban J connectivity index is 1.82. The van der Waals surface area contributed by atoms with E-state index in [1.165, 1.54) is 14.2 Å². The molecule has 0 aliphatic carbocycles. The van der Waals surface area contributed by atoms with Gasteiger partial charge < -0.3 is 25.6 Å². The molecule has 2 aromatic carbocycles. The molecule has 0 spiro atoms. The first kappa shape index (κ1) is 29.1. The van der Waals surface area contributed by atoms with Crippen LogP contribution < -0.4 is 20.7 Å². The van der Waals surface area contributed by atoms with Crippen LogP contribution in [0, 0.1) is 13.8 Å². The fraction of sp³-hybridized carbons (Fsp3) is 0.440. The predicted molar refractivity (Wildman–Crippen MR) is 141 cm³/mol. The molecule has 0 heterocycles. The Morgan fingerprint density at radius 1 is 0.889 bits per heavy atom. The largest absolute Gasteiger partial charge is 0.497 e. The zero-order valence-electron chi connectivity index (χ0n) is 21.8. The SMILES string of the molecule is COc1cc(C)c(S(=O)(=O)N(C)CCNC(=O)C(=O)NCc2ccc(NCCN(C)C)cc2)c(C)c1. The number of rotatable bonds is 12. The van der Waals surface area contributed by atoms with Crippen LogP contribution in [0.15, 0.2) is 41.3 Å². The maximum atomic E-state index is 13.0. The van der Waals surface area contributed by atoms with Crippen LogP contribution in [-0.4, -0.2) is 83.9 Å². The van der Waals surface area contributed by atoms with E-state index in [0.717, 1.165) is 28.6 Å². The van der Waals surface area contributed by atoms with Crippen LogP contribution in [0.5, 0.6) is 5.75 Å². The Kier molecular flexibility index (Phi) is 10.7. The number of aryl methyl sites for hydroxylation is 2. The van der Waals surface area contributed by atoms with Crippen LogP contribution in [0.1, 0.15) is 16.7 Å². The number of ether oxygens (including phenoxy) is 1. The van der Waals surface area contributed by atoms with E-state index >= 15 is 0 Å². The number of amides is 2. The molecule has 11 heteroatoms. The molecular weight excluding hydrogens is 482 g/mol. The summed E-state index contributed by atoms with van der Waals surface area (Å²) in [5.74, 6) is -1.02. The third-order valence-corrected chi connectivity index (χ3v) is 7.71. The third-order valence-electron chi connectivity index (χ3n) is 5.55. The lowest BCUT2D eigenvalue weighted by molar-refractivity contribution is -0.139. The predicted octanol–water partition coefficient (Wildman–Crippen LogP) is 1.34. The number of nitrogens with one attached hydrogen (secondary N) is 3. The molecule has 0 aliphatic rings. The first-order chi connectivity index (χ1) is 16.9. The fourth-order valence-corrected chi connectivity index (χ4v) is 5.12. The quantitative estimate of drug-likeness (QED) is 0.362. The van der Waals surface area contributed by atoms with Gasteiger partial charge in [0.2, 0.25) is 10.0 Å². The molecular formula is C25H37N5O5S. The minimum Gasteiger partial charge on any atom is -0.497 e. The number of methoxy groups -OCH3 is 1. The number of benzene rings is 2. The molecule has 36 heavy (non-hydrogen) atoms. The van der Waals surface area contributed by atoms with Gasteiger partial charge in [0, 0.05) is 45.5 Å². The van der Waals surface area contributed by atoms with E-state index in [1.807, 2.05) is 38.4 Å². The number of likely N-dealkylation sites (N-methyl/N-ethyl adjacent to an activating group) is 2. The fourth-order valence-electron chi connectivity index (χ4n) is 3.55. The second-order valence-corrected chi connectivity index (χ2v) is 10.8. The maximum absolute atomic E-state index is 13.0. The van der Waals surface area contributed by atoms with Crippen molar-refractivity contribution >= 4 is 27.5 Å². The van der Waals surface area contributed by atoms with E-state index in [-0.39, 0.29) is 24.5 Å². The molecule has 0 radical (unpaired) electrons. The van der Waals surface area contributed by atoms with E-state index in [9.17, 15) is 18.0 Å². The molecule has 10 nitrogen and oxygen atoms in total.